The number of rotatable bonds is 6. The third-order valence-electron chi connectivity index (χ3n) is 5.04. The van der Waals surface area contributed by atoms with Crippen LogP contribution in [-0.4, -0.2) is 16.8 Å². The normalized spacial score (nSPS) is 15.1. The summed E-state index contributed by atoms with van der Waals surface area (Å²) in [4.78, 5) is 0. The molecule has 7 nitrogen and oxygen atoms in total. The van der Waals surface area contributed by atoms with Crippen LogP contribution in [0.15, 0.2) is 58.4 Å². The summed E-state index contributed by atoms with van der Waals surface area (Å²) < 4.78 is 18.4. The monoisotopic (exact) mass is 480 g/mol. The van der Waals surface area contributed by atoms with Gasteiger partial charge in [-0.05, 0) is 49.2 Å². The summed E-state index contributed by atoms with van der Waals surface area (Å²) >= 11 is 3.44. The molecule has 0 bridgehead atoms. The lowest BCUT2D eigenvalue weighted by Gasteiger charge is -2.24. The first-order valence-electron chi connectivity index (χ1n) is 9.78. The Morgan fingerprint density at radius 2 is 1.97 bits per heavy atom. The van der Waals surface area contributed by atoms with E-state index in [0.29, 0.717) is 36.2 Å². The van der Waals surface area contributed by atoms with Gasteiger partial charge >= 0.3 is 0 Å². The van der Waals surface area contributed by atoms with Crippen molar-refractivity contribution < 1.29 is 14.2 Å². The topological polar surface area (TPSA) is 106 Å². The molecule has 0 spiro atoms. The van der Waals surface area contributed by atoms with Crippen molar-refractivity contribution in [3.8, 4) is 23.4 Å². The average molecular weight is 481 g/mol. The molecule has 3 aromatic rings. The molecule has 0 amide bonds. The second-order valence-electron chi connectivity index (χ2n) is 7.05. The van der Waals surface area contributed by atoms with Crippen molar-refractivity contribution in [2.45, 2.75) is 26.4 Å². The molecule has 31 heavy (non-hydrogen) atoms. The van der Waals surface area contributed by atoms with Crippen molar-refractivity contribution in [1.29, 1.82) is 5.26 Å². The summed E-state index contributed by atoms with van der Waals surface area (Å²) in [7, 11) is 0. The summed E-state index contributed by atoms with van der Waals surface area (Å²) in [6, 6.07) is 15.8. The summed E-state index contributed by atoms with van der Waals surface area (Å²) in [5, 5.41) is 16.8. The van der Waals surface area contributed by atoms with Crippen molar-refractivity contribution >= 4 is 15.9 Å². The molecular weight excluding hydrogens is 460 g/mol. The molecule has 1 aromatic heterocycles. The number of nitrogens with one attached hydrogen (secondary N) is 1. The quantitative estimate of drug-likeness (QED) is 0.530. The fraction of sp³-hybridized carbons (Fsp3) is 0.217. The van der Waals surface area contributed by atoms with E-state index in [4.69, 9.17) is 19.9 Å². The fourth-order valence-corrected chi connectivity index (χ4v) is 3.83. The first kappa shape index (κ1) is 20.8. The Labute approximate surface area is 188 Å². The highest BCUT2D eigenvalue weighted by molar-refractivity contribution is 9.10. The van der Waals surface area contributed by atoms with Gasteiger partial charge in [-0.25, -0.2) is 0 Å². The zero-order valence-electron chi connectivity index (χ0n) is 17.1. The Balaban J connectivity index is 1.69. The van der Waals surface area contributed by atoms with Crippen molar-refractivity contribution in [3.63, 3.8) is 0 Å². The Morgan fingerprint density at radius 1 is 1.19 bits per heavy atom. The highest BCUT2D eigenvalue weighted by Gasteiger charge is 2.34. The maximum absolute atomic E-state index is 9.75. The molecule has 1 aliphatic rings. The fourth-order valence-electron chi connectivity index (χ4n) is 3.57. The van der Waals surface area contributed by atoms with E-state index in [1.165, 1.54) is 0 Å². The number of allylic oxidation sites excluding steroid dienone is 1. The summed E-state index contributed by atoms with van der Waals surface area (Å²) in [6.45, 7) is 4.69. The van der Waals surface area contributed by atoms with Crippen LogP contribution in [0.5, 0.6) is 17.4 Å². The number of aromatic amines is 1. The van der Waals surface area contributed by atoms with Gasteiger partial charge in [0.15, 0.2) is 11.5 Å². The van der Waals surface area contributed by atoms with E-state index in [9.17, 15) is 5.26 Å². The van der Waals surface area contributed by atoms with Gasteiger partial charge in [0.25, 0.3) is 0 Å². The van der Waals surface area contributed by atoms with Crippen molar-refractivity contribution in [3.05, 3.63) is 80.8 Å². The van der Waals surface area contributed by atoms with E-state index in [1.54, 1.807) is 0 Å². The maximum atomic E-state index is 9.75. The molecule has 158 valence electrons. The molecule has 0 fully saturated rings. The number of aryl methyl sites for hydroxylation is 1. The van der Waals surface area contributed by atoms with Gasteiger partial charge in [0.2, 0.25) is 11.8 Å². The summed E-state index contributed by atoms with van der Waals surface area (Å²) in [6.07, 6.45) is 0. The van der Waals surface area contributed by atoms with Crippen LogP contribution in [0.2, 0.25) is 0 Å². The van der Waals surface area contributed by atoms with Gasteiger partial charge in [-0.1, -0.05) is 34.1 Å². The van der Waals surface area contributed by atoms with Gasteiger partial charge < -0.3 is 19.9 Å². The number of hydrogen-bond donors (Lipinski definition) is 2. The minimum atomic E-state index is -0.410. The van der Waals surface area contributed by atoms with Gasteiger partial charge in [-0.3, -0.25) is 5.10 Å². The Hall–Kier alpha value is -3.44. The number of benzene rings is 2. The molecule has 3 N–H and O–H groups in total. The standard InChI is InChI=1S/C23H21BrN4O3/c1-3-29-19-10-15(6-9-18(19)30-12-14-4-7-16(24)8-5-14)21-17(11-25)22(26)31-23-20(21)13(2)27-28-23/h4-10,21H,3,12,26H2,1-2H3,(H,27,28)/t21-/m0/s1. The van der Waals surface area contributed by atoms with Gasteiger partial charge in [-0.2, -0.15) is 5.26 Å². The first-order chi connectivity index (χ1) is 15.0. The third kappa shape index (κ3) is 4.09. The van der Waals surface area contributed by atoms with Crippen LogP contribution in [-0.2, 0) is 6.61 Å². The molecule has 0 radical (unpaired) electrons. The largest absolute Gasteiger partial charge is 0.490 e. The second-order valence-corrected chi connectivity index (χ2v) is 7.96. The van der Waals surface area contributed by atoms with E-state index < -0.39 is 5.92 Å². The number of H-pyrrole nitrogens is 1. The Kier molecular flexibility index (Phi) is 5.87. The van der Waals surface area contributed by atoms with E-state index in [0.717, 1.165) is 26.9 Å². The zero-order valence-corrected chi connectivity index (χ0v) is 18.7. The van der Waals surface area contributed by atoms with Crippen LogP contribution in [0.25, 0.3) is 0 Å². The van der Waals surface area contributed by atoms with Gasteiger partial charge in [0, 0.05) is 15.7 Å². The van der Waals surface area contributed by atoms with Crippen LogP contribution in [0.1, 0.15) is 35.2 Å². The lowest BCUT2D eigenvalue weighted by Crippen LogP contribution is -2.21. The third-order valence-corrected chi connectivity index (χ3v) is 5.57. The molecule has 2 aromatic carbocycles. The van der Waals surface area contributed by atoms with E-state index in [2.05, 4.69) is 32.2 Å². The van der Waals surface area contributed by atoms with E-state index >= 15 is 0 Å². The molecule has 0 aliphatic carbocycles. The Bertz CT molecular complexity index is 1180. The number of ether oxygens (including phenoxy) is 3. The van der Waals surface area contributed by atoms with E-state index in [-0.39, 0.29) is 5.88 Å². The van der Waals surface area contributed by atoms with Gasteiger partial charge in [-0.15, -0.1) is 5.10 Å². The lowest BCUT2D eigenvalue weighted by atomic mass is 9.84. The summed E-state index contributed by atoms with van der Waals surface area (Å²) in [5.41, 5.74) is 9.83. The van der Waals surface area contributed by atoms with Crippen molar-refractivity contribution in [1.82, 2.24) is 10.2 Å². The van der Waals surface area contributed by atoms with Crippen molar-refractivity contribution in [2.75, 3.05) is 6.61 Å². The highest BCUT2D eigenvalue weighted by Crippen LogP contribution is 2.44. The predicted octanol–water partition coefficient (Wildman–Crippen LogP) is 4.68. The SMILES string of the molecule is CCOc1cc([C@H]2C(C#N)=C(N)Oc3n[nH]c(C)c32)ccc1OCc1ccc(Br)cc1. The Morgan fingerprint density at radius 3 is 2.68 bits per heavy atom. The summed E-state index contributed by atoms with van der Waals surface area (Å²) in [5.74, 6) is 1.25. The van der Waals surface area contributed by atoms with Crippen LogP contribution in [0.3, 0.4) is 0 Å². The minimum Gasteiger partial charge on any atom is -0.490 e. The van der Waals surface area contributed by atoms with Gasteiger partial charge in [0.1, 0.15) is 18.2 Å². The number of nitriles is 1. The molecule has 4 rings (SSSR count). The molecule has 0 saturated heterocycles. The molecule has 8 heteroatoms. The number of aromatic nitrogens is 2. The van der Waals surface area contributed by atoms with Crippen molar-refractivity contribution in [2.24, 2.45) is 5.73 Å². The number of nitrogens with two attached hydrogens (primary N) is 1. The molecule has 0 unspecified atom stereocenters. The first-order valence-corrected chi connectivity index (χ1v) is 10.6. The second kappa shape index (κ2) is 8.74. The molecule has 2 heterocycles. The number of fused-ring (bicyclic) bond motifs is 1. The molecule has 1 atom stereocenters. The van der Waals surface area contributed by atoms with Crippen LogP contribution < -0.4 is 19.9 Å². The predicted molar refractivity (Wildman–Crippen MR) is 119 cm³/mol. The van der Waals surface area contributed by atoms with Crippen LogP contribution >= 0.6 is 15.9 Å². The molecule has 0 saturated carbocycles. The number of nitrogens with zero attached hydrogens (tertiary/aromatic N) is 2. The lowest BCUT2D eigenvalue weighted by molar-refractivity contribution is 0.269. The zero-order chi connectivity index (χ0) is 22.0. The highest BCUT2D eigenvalue weighted by atomic mass is 79.9. The number of halogens is 1. The van der Waals surface area contributed by atoms with E-state index in [1.807, 2.05) is 56.3 Å². The maximum Gasteiger partial charge on any atom is 0.244 e. The minimum absolute atomic E-state index is 0.0556. The van der Waals surface area contributed by atoms with Crippen LogP contribution in [0, 0.1) is 18.3 Å². The average Bonchev–Trinajstić information content (AvgIpc) is 3.13. The van der Waals surface area contributed by atoms with Crippen LogP contribution in [0.4, 0.5) is 0 Å². The molecular formula is C23H21BrN4O3. The number of hydrogen-bond acceptors (Lipinski definition) is 6. The molecule has 1 aliphatic heterocycles. The van der Waals surface area contributed by atoms with Gasteiger partial charge in [0.05, 0.1) is 12.5 Å². The smallest absolute Gasteiger partial charge is 0.244 e.